The Bertz CT molecular complexity index is 2540. The van der Waals surface area contributed by atoms with Crippen molar-refractivity contribution in [3.8, 4) is 66.8 Å². The summed E-state index contributed by atoms with van der Waals surface area (Å²) < 4.78 is 14.0. The Labute approximate surface area is 427 Å². The highest BCUT2D eigenvalue weighted by atomic mass is 32.2. The molecule has 1 nitrogen and oxygen atoms in total. The van der Waals surface area contributed by atoms with Crippen LogP contribution < -0.4 is 0 Å². The van der Waals surface area contributed by atoms with Gasteiger partial charge in [0.2, 0.25) is 0 Å². The van der Waals surface area contributed by atoms with E-state index in [0.29, 0.717) is 53.1 Å². The van der Waals surface area contributed by atoms with Crippen molar-refractivity contribution in [1.82, 2.24) is 0 Å². The lowest BCUT2D eigenvalue weighted by molar-refractivity contribution is 0.686. The van der Waals surface area contributed by atoms with Crippen molar-refractivity contribution < 1.29 is 4.21 Å². The van der Waals surface area contributed by atoms with E-state index in [0.717, 1.165) is 27.8 Å². The van der Waals surface area contributed by atoms with Gasteiger partial charge < -0.3 is 0 Å². The predicted octanol–water partition coefficient (Wildman–Crippen LogP) is 20.6. The molecule has 7 rings (SSSR count). The van der Waals surface area contributed by atoms with E-state index >= 15 is 0 Å². The van der Waals surface area contributed by atoms with Gasteiger partial charge in [-0.2, -0.15) is 0 Å². The van der Waals surface area contributed by atoms with Gasteiger partial charge in [0.15, 0.2) is 0 Å². The number of hydrogen-bond donors (Lipinski definition) is 0. The summed E-state index contributed by atoms with van der Waals surface area (Å²) in [6.45, 7) is 37.2. The van der Waals surface area contributed by atoms with E-state index in [9.17, 15) is 4.21 Å². The molecule has 0 fully saturated rings. The molecule has 366 valence electrons. The van der Waals surface area contributed by atoms with Gasteiger partial charge >= 0.3 is 0 Å². The van der Waals surface area contributed by atoms with Crippen LogP contribution in [0.4, 0.5) is 0 Å². The van der Waals surface area contributed by atoms with E-state index in [1.54, 1.807) is 0 Å². The molecule has 7 aromatic rings. The Morgan fingerprint density at radius 3 is 0.671 bits per heavy atom. The van der Waals surface area contributed by atoms with Gasteiger partial charge in [0.1, 0.15) is 0 Å². The molecule has 0 aliphatic carbocycles. The van der Waals surface area contributed by atoms with Gasteiger partial charge in [0, 0.05) is 22.8 Å². The Hall–Kier alpha value is -5.31. The lowest BCUT2D eigenvalue weighted by Crippen LogP contribution is -2.04. The molecule has 0 amide bonds. The van der Waals surface area contributed by atoms with Crippen molar-refractivity contribution in [3.05, 3.63) is 177 Å². The second-order valence-electron chi connectivity index (χ2n) is 22.6. The first-order valence-corrected chi connectivity index (χ1v) is 28.2. The third-order valence-electron chi connectivity index (χ3n) is 14.7. The summed E-state index contributed by atoms with van der Waals surface area (Å²) in [6.07, 6.45) is 1.87. The second kappa shape index (κ2) is 22.0. The Balaban J connectivity index is 1.64. The van der Waals surface area contributed by atoms with Gasteiger partial charge in [0.25, 0.3) is 0 Å². The first-order chi connectivity index (χ1) is 33.2. The second-order valence-corrected chi connectivity index (χ2v) is 24.1. The van der Waals surface area contributed by atoms with Crippen LogP contribution in [0.5, 0.6) is 0 Å². The minimum Gasteiger partial charge on any atom is -0.260 e. The molecule has 70 heavy (non-hydrogen) atoms. The zero-order valence-corrected chi connectivity index (χ0v) is 46.6. The topological polar surface area (TPSA) is 17.1 Å². The molecule has 1 atom stereocenters. The number of hydrogen-bond acceptors (Lipinski definition) is 1. The molecule has 0 aliphatic heterocycles. The zero-order valence-electron chi connectivity index (χ0n) is 45.8. The summed E-state index contributed by atoms with van der Waals surface area (Å²) in [4.78, 5) is 0. The molecule has 0 heterocycles. The highest BCUT2D eigenvalue weighted by Crippen LogP contribution is 2.47. The van der Waals surface area contributed by atoms with Gasteiger partial charge in [-0.1, -0.05) is 202 Å². The Kier molecular flexibility index (Phi) is 16.5. The largest absolute Gasteiger partial charge is 0.260 e. The molecule has 0 spiro atoms. The summed E-state index contributed by atoms with van der Waals surface area (Å²) in [6, 6.07) is 49.3. The number of rotatable bonds is 16. The van der Waals surface area contributed by atoms with Crippen molar-refractivity contribution >= 4 is 10.8 Å². The SMILES string of the molecule is CC(C)c1cccc(C(C)C)c1-c1cc(-c2cccc(-c3cc(-c4c(C(C)C)cccc4C(C)C)cc(-c4c(C(C)C)cccc4C(C)C)c3)c2CS(C)=O)cc(-c2c(C(C)C)cccc2C(C)C)c1. The highest BCUT2D eigenvalue weighted by Gasteiger charge is 2.25. The fourth-order valence-corrected chi connectivity index (χ4v) is 11.9. The maximum absolute atomic E-state index is 14.0. The normalized spacial score (nSPS) is 12.6. The summed E-state index contributed by atoms with van der Waals surface area (Å²) >= 11 is 0. The lowest BCUT2D eigenvalue weighted by Gasteiger charge is -2.25. The molecular weight excluding hydrogens is 865 g/mol. The van der Waals surface area contributed by atoms with Crippen molar-refractivity contribution in [2.75, 3.05) is 6.26 Å². The van der Waals surface area contributed by atoms with Gasteiger partial charge in [-0.25, -0.2) is 0 Å². The number of benzene rings is 7. The summed E-state index contributed by atoms with van der Waals surface area (Å²) in [5.74, 6) is 3.15. The highest BCUT2D eigenvalue weighted by molar-refractivity contribution is 7.83. The quantitative estimate of drug-likeness (QED) is 0.0943. The van der Waals surface area contributed by atoms with Crippen LogP contribution in [0, 0.1) is 0 Å². The lowest BCUT2D eigenvalue weighted by atomic mass is 9.79. The molecule has 7 aromatic carbocycles. The van der Waals surface area contributed by atoms with Crippen LogP contribution in [0.3, 0.4) is 0 Å². The van der Waals surface area contributed by atoms with Crippen LogP contribution >= 0.6 is 0 Å². The monoisotopic (exact) mass is 947 g/mol. The first kappa shape index (κ1) is 52.5. The van der Waals surface area contributed by atoms with Crippen LogP contribution in [0.2, 0.25) is 0 Å². The maximum Gasteiger partial charge on any atom is 0.0495 e. The van der Waals surface area contributed by atoms with E-state index in [-0.39, 0.29) is 0 Å². The molecule has 2 heteroatoms. The fraction of sp³-hybridized carbons (Fsp3) is 0.382. The van der Waals surface area contributed by atoms with E-state index < -0.39 is 10.8 Å². The standard InChI is InChI=1S/C68H82OS/c1-40(2)54-23-18-24-55(41(3)4)65(54)50-33-48(34-51(37-50)66-56(42(5)6)25-19-26-57(66)43(7)8)62-31-22-32-63(64(62)39-70(17)69)49-35-52(67-58(44(9)10)27-20-28-59(67)45(11)12)38-53(36-49)68-60(46(13)14)29-21-30-61(68)47(15)16/h18-38,40-47H,39H2,1-17H3. The first-order valence-electron chi connectivity index (χ1n) is 26.4. The van der Waals surface area contributed by atoms with Gasteiger partial charge in [-0.3, -0.25) is 4.21 Å². The molecule has 0 N–H and O–H groups in total. The molecule has 0 radical (unpaired) electrons. The van der Waals surface area contributed by atoms with E-state index in [1.165, 1.54) is 89.0 Å². The van der Waals surface area contributed by atoms with Crippen molar-refractivity contribution in [2.45, 2.75) is 164 Å². The van der Waals surface area contributed by atoms with Gasteiger partial charge in [-0.15, -0.1) is 0 Å². The third kappa shape index (κ3) is 10.8. The predicted molar refractivity (Wildman–Crippen MR) is 310 cm³/mol. The van der Waals surface area contributed by atoms with Crippen LogP contribution in [-0.4, -0.2) is 10.5 Å². The van der Waals surface area contributed by atoms with Gasteiger partial charge in [0.05, 0.1) is 0 Å². The van der Waals surface area contributed by atoms with Crippen LogP contribution in [0.25, 0.3) is 66.8 Å². The minimum absolute atomic E-state index is 0.340. The zero-order chi connectivity index (χ0) is 50.9. The summed E-state index contributed by atoms with van der Waals surface area (Å²) in [5.41, 5.74) is 27.0. The molecule has 0 bridgehead atoms. The van der Waals surface area contributed by atoms with Gasteiger partial charge in [-0.05, 0) is 201 Å². The summed E-state index contributed by atoms with van der Waals surface area (Å²) in [5, 5.41) is 0. The summed E-state index contributed by atoms with van der Waals surface area (Å²) in [7, 11) is -1.13. The van der Waals surface area contributed by atoms with Crippen molar-refractivity contribution in [2.24, 2.45) is 0 Å². The average Bonchev–Trinajstić information content (AvgIpc) is 3.32. The third-order valence-corrected chi connectivity index (χ3v) is 15.4. The minimum atomic E-state index is -1.13. The van der Waals surface area contributed by atoms with Crippen molar-refractivity contribution in [1.29, 1.82) is 0 Å². The van der Waals surface area contributed by atoms with Crippen LogP contribution in [0.15, 0.2) is 127 Å². The smallest absolute Gasteiger partial charge is 0.0495 e. The molecule has 0 aliphatic rings. The molecule has 1 unspecified atom stereocenters. The Morgan fingerprint density at radius 1 is 0.300 bits per heavy atom. The molecule has 0 saturated carbocycles. The van der Waals surface area contributed by atoms with Crippen LogP contribution in [-0.2, 0) is 16.6 Å². The average molecular weight is 947 g/mol. The molecular formula is C68H82OS. The van der Waals surface area contributed by atoms with E-state index in [1.807, 2.05) is 6.26 Å². The Morgan fingerprint density at radius 2 is 0.486 bits per heavy atom. The van der Waals surface area contributed by atoms with E-state index in [2.05, 4.69) is 238 Å². The van der Waals surface area contributed by atoms with Crippen LogP contribution in [0.1, 0.15) is 208 Å². The molecule has 0 saturated heterocycles. The maximum atomic E-state index is 14.0. The molecule has 0 aromatic heterocycles. The van der Waals surface area contributed by atoms with E-state index in [4.69, 9.17) is 0 Å². The van der Waals surface area contributed by atoms with Crippen molar-refractivity contribution in [3.63, 3.8) is 0 Å². The fourth-order valence-electron chi connectivity index (χ4n) is 11.2.